The number of nitrogens with zero attached hydrogens (tertiary/aromatic N) is 1. The summed E-state index contributed by atoms with van der Waals surface area (Å²) in [4.78, 5) is 25.6. The van der Waals surface area contributed by atoms with Gasteiger partial charge in [0.2, 0.25) is 11.8 Å². The Kier molecular flexibility index (Phi) is 5.42. The van der Waals surface area contributed by atoms with Crippen molar-refractivity contribution in [1.82, 2.24) is 4.90 Å². The molecule has 23 heavy (non-hydrogen) atoms. The molecule has 5 heteroatoms. The molecule has 1 fully saturated rings. The van der Waals surface area contributed by atoms with E-state index in [0.717, 1.165) is 29.7 Å². The molecule has 0 aliphatic carbocycles. The predicted molar refractivity (Wildman–Crippen MR) is 89.9 cm³/mol. The summed E-state index contributed by atoms with van der Waals surface area (Å²) in [6.45, 7) is 4.38. The molecule has 0 saturated carbocycles. The van der Waals surface area contributed by atoms with E-state index in [1.807, 2.05) is 32.0 Å². The van der Waals surface area contributed by atoms with E-state index in [-0.39, 0.29) is 23.8 Å². The number of hydrogen-bond acceptors (Lipinski definition) is 3. The highest BCUT2D eigenvalue weighted by atomic mass is 16.5. The average molecular weight is 316 g/mol. The number of carbonyl (C=O) groups is 2. The Bertz CT molecular complexity index is 625. The van der Waals surface area contributed by atoms with Gasteiger partial charge in [0.05, 0.1) is 13.0 Å². The molecular formula is C18H24N2O3. The second-order valence-corrected chi connectivity index (χ2v) is 6.10. The number of ether oxygens (including phenoxy) is 1. The molecule has 2 atom stereocenters. The van der Waals surface area contributed by atoms with E-state index in [2.05, 4.69) is 0 Å². The van der Waals surface area contributed by atoms with Crippen LogP contribution in [0.1, 0.15) is 30.9 Å². The first-order chi connectivity index (χ1) is 10.9. The predicted octanol–water partition coefficient (Wildman–Crippen LogP) is 2.13. The number of piperidine rings is 1. The van der Waals surface area contributed by atoms with Gasteiger partial charge in [0, 0.05) is 24.2 Å². The number of likely N-dealkylation sites (tertiary alicyclic amines) is 1. The number of primary amides is 1. The van der Waals surface area contributed by atoms with Crippen LogP contribution in [0.5, 0.6) is 5.75 Å². The molecule has 5 nitrogen and oxygen atoms in total. The number of methoxy groups -OCH3 is 1. The van der Waals surface area contributed by atoms with Crippen LogP contribution in [-0.4, -0.2) is 36.4 Å². The molecule has 124 valence electrons. The maximum absolute atomic E-state index is 12.5. The van der Waals surface area contributed by atoms with Gasteiger partial charge in [0.1, 0.15) is 5.75 Å². The van der Waals surface area contributed by atoms with E-state index in [1.54, 1.807) is 18.1 Å². The van der Waals surface area contributed by atoms with Gasteiger partial charge >= 0.3 is 0 Å². The third-order valence-corrected chi connectivity index (χ3v) is 4.36. The lowest BCUT2D eigenvalue weighted by Crippen LogP contribution is -2.48. The topological polar surface area (TPSA) is 72.6 Å². The average Bonchev–Trinajstić information content (AvgIpc) is 2.53. The summed E-state index contributed by atoms with van der Waals surface area (Å²) in [5, 5.41) is 0. The first-order valence-electron chi connectivity index (χ1n) is 7.85. The molecule has 1 aromatic rings. The van der Waals surface area contributed by atoms with E-state index in [4.69, 9.17) is 10.5 Å². The van der Waals surface area contributed by atoms with Crippen LogP contribution in [0.15, 0.2) is 24.3 Å². The third kappa shape index (κ3) is 4.12. The number of amides is 2. The van der Waals surface area contributed by atoms with Crippen LogP contribution in [0.2, 0.25) is 0 Å². The molecule has 1 aliphatic rings. The lowest BCUT2D eigenvalue weighted by Gasteiger charge is -2.36. The van der Waals surface area contributed by atoms with Crippen LogP contribution in [0.4, 0.5) is 0 Å². The summed E-state index contributed by atoms with van der Waals surface area (Å²) in [5.41, 5.74) is 7.34. The zero-order chi connectivity index (χ0) is 17.0. The summed E-state index contributed by atoms with van der Waals surface area (Å²) in [6.07, 6.45) is 4.84. The van der Waals surface area contributed by atoms with Crippen molar-refractivity contribution in [3.8, 4) is 5.75 Å². The van der Waals surface area contributed by atoms with Crippen molar-refractivity contribution in [2.75, 3.05) is 13.7 Å². The summed E-state index contributed by atoms with van der Waals surface area (Å²) in [5.74, 6) is 0.0319. The van der Waals surface area contributed by atoms with E-state index < -0.39 is 0 Å². The van der Waals surface area contributed by atoms with E-state index in [9.17, 15) is 9.59 Å². The van der Waals surface area contributed by atoms with Gasteiger partial charge in [-0.3, -0.25) is 9.59 Å². The molecule has 0 radical (unpaired) electrons. The molecule has 1 saturated heterocycles. The zero-order valence-corrected chi connectivity index (χ0v) is 13.9. The van der Waals surface area contributed by atoms with Crippen molar-refractivity contribution >= 4 is 17.9 Å². The normalized spacial score (nSPS) is 21.4. The fraction of sp³-hybridized carbons (Fsp3) is 0.444. The number of rotatable bonds is 4. The maximum Gasteiger partial charge on any atom is 0.246 e. The van der Waals surface area contributed by atoms with E-state index in [0.29, 0.717) is 6.54 Å². The Morgan fingerprint density at radius 2 is 2.09 bits per heavy atom. The smallest absolute Gasteiger partial charge is 0.246 e. The van der Waals surface area contributed by atoms with Gasteiger partial charge in [0.15, 0.2) is 0 Å². The lowest BCUT2D eigenvalue weighted by atomic mass is 9.93. The zero-order valence-electron chi connectivity index (χ0n) is 13.9. The SMILES string of the molecule is COc1ccc(C)cc1/C=C/C(=O)N1C[C@H](C(N)=O)CC[C@@H]1C. The Balaban J connectivity index is 2.14. The fourth-order valence-electron chi connectivity index (χ4n) is 2.89. The molecular weight excluding hydrogens is 292 g/mol. The lowest BCUT2D eigenvalue weighted by molar-refractivity contribution is -0.133. The van der Waals surface area contributed by atoms with Crippen LogP contribution >= 0.6 is 0 Å². The van der Waals surface area contributed by atoms with Crippen molar-refractivity contribution < 1.29 is 14.3 Å². The van der Waals surface area contributed by atoms with Crippen LogP contribution in [0.3, 0.4) is 0 Å². The van der Waals surface area contributed by atoms with Crippen LogP contribution in [0.25, 0.3) is 6.08 Å². The Morgan fingerprint density at radius 3 is 2.74 bits per heavy atom. The summed E-state index contributed by atoms with van der Waals surface area (Å²) in [7, 11) is 1.61. The second-order valence-electron chi connectivity index (χ2n) is 6.10. The highest BCUT2D eigenvalue weighted by Crippen LogP contribution is 2.24. The summed E-state index contributed by atoms with van der Waals surface area (Å²) >= 11 is 0. The van der Waals surface area contributed by atoms with Crippen LogP contribution in [-0.2, 0) is 9.59 Å². The van der Waals surface area contributed by atoms with Crippen molar-refractivity contribution in [3.63, 3.8) is 0 Å². The van der Waals surface area contributed by atoms with Crippen molar-refractivity contribution in [2.45, 2.75) is 32.7 Å². The van der Waals surface area contributed by atoms with Gasteiger partial charge in [-0.05, 0) is 44.9 Å². The van der Waals surface area contributed by atoms with Gasteiger partial charge in [-0.1, -0.05) is 11.6 Å². The van der Waals surface area contributed by atoms with Gasteiger partial charge < -0.3 is 15.4 Å². The highest BCUT2D eigenvalue weighted by molar-refractivity contribution is 5.93. The van der Waals surface area contributed by atoms with Crippen molar-refractivity contribution in [2.24, 2.45) is 11.7 Å². The van der Waals surface area contributed by atoms with Gasteiger partial charge in [-0.15, -0.1) is 0 Å². The summed E-state index contributed by atoms with van der Waals surface area (Å²) < 4.78 is 5.31. The van der Waals surface area contributed by atoms with Gasteiger partial charge in [-0.2, -0.15) is 0 Å². The third-order valence-electron chi connectivity index (χ3n) is 4.36. The standard InChI is InChI=1S/C18H24N2O3/c1-12-4-8-16(23-3)14(10-12)7-9-17(21)20-11-15(18(19)22)6-5-13(20)2/h4,7-10,13,15H,5-6,11H2,1-3H3,(H2,19,22)/b9-7+/t13-,15+/m0/s1. The van der Waals surface area contributed by atoms with Gasteiger partial charge in [-0.25, -0.2) is 0 Å². The number of hydrogen-bond donors (Lipinski definition) is 1. The fourth-order valence-corrected chi connectivity index (χ4v) is 2.89. The Morgan fingerprint density at radius 1 is 1.35 bits per heavy atom. The summed E-state index contributed by atoms with van der Waals surface area (Å²) in [6, 6.07) is 5.92. The van der Waals surface area contributed by atoms with Crippen molar-refractivity contribution in [1.29, 1.82) is 0 Å². The highest BCUT2D eigenvalue weighted by Gasteiger charge is 2.30. The molecule has 1 aliphatic heterocycles. The number of carbonyl (C=O) groups excluding carboxylic acids is 2. The second kappa shape index (κ2) is 7.31. The minimum absolute atomic E-state index is 0.105. The monoisotopic (exact) mass is 316 g/mol. The molecule has 1 heterocycles. The molecule has 2 rings (SSSR count). The van der Waals surface area contributed by atoms with Crippen molar-refractivity contribution in [3.05, 3.63) is 35.4 Å². The molecule has 0 unspecified atom stereocenters. The molecule has 0 aromatic heterocycles. The number of aryl methyl sites for hydroxylation is 1. The number of benzene rings is 1. The first kappa shape index (κ1) is 17.1. The van der Waals surface area contributed by atoms with Gasteiger partial charge in [0.25, 0.3) is 0 Å². The minimum atomic E-state index is -0.334. The molecule has 2 N–H and O–H groups in total. The van der Waals surface area contributed by atoms with E-state index >= 15 is 0 Å². The molecule has 0 bridgehead atoms. The van der Waals surface area contributed by atoms with Crippen LogP contribution < -0.4 is 10.5 Å². The quantitative estimate of drug-likeness (QED) is 0.865. The number of nitrogens with two attached hydrogens (primary N) is 1. The largest absolute Gasteiger partial charge is 0.496 e. The molecule has 2 amide bonds. The van der Waals surface area contributed by atoms with Crippen LogP contribution in [0, 0.1) is 12.8 Å². The molecule has 0 spiro atoms. The minimum Gasteiger partial charge on any atom is -0.496 e. The maximum atomic E-state index is 12.5. The molecule has 1 aromatic carbocycles. The Hall–Kier alpha value is -2.30. The first-order valence-corrected chi connectivity index (χ1v) is 7.85. The van der Waals surface area contributed by atoms with E-state index in [1.165, 1.54) is 6.08 Å². The Labute approximate surface area is 137 Å².